The minimum absolute atomic E-state index is 0.168. The highest BCUT2D eigenvalue weighted by Crippen LogP contribution is 2.35. The maximum absolute atomic E-state index is 10.9. The molecule has 0 amide bonds. The third-order valence-electron chi connectivity index (χ3n) is 2.83. The molecule has 2 rings (SSSR count). The second-order valence-corrected chi connectivity index (χ2v) is 4.74. The van der Waals surface area contributed by atoms with Crippen LogP contribution in [-0.2, 0) is 4.74 Å². The van der Waals surface area contributed by atoms with E-state index in [0.717, 1.165) is 16.4 Å². The molecule has 0 aromatic heterocycles. The van der Waals surface area contributed by atoms with E-state index < -0.39 is 0 Å². The minimum atomic E-state index is -0.313. The van der Waals surface area contributed by atoms with Crippen LogP contribution in [0, 0.1) is 10.1 Å². The summed E-state index contributed by atoms with van der Waals surface area (Å²) < 4.78 is 6.51. The topological polar surface area (TPSA) is 52.4 Å². The zero-order valence-electron chi connectivity index (χ0n) is 8.64. The van der Waals surface area contributed by atoms with E-state index >= 15 is 0 Å². The molecular weight excluding hydrogens is 321 g/mol. The molecule has 0 unspecified atom stereocenters. The van der Waals surface area contributed by atoms with Crippen LogP contribution >= 0.6 is 22.6 Å². The van der Waals surface area contributed by atoms with Crippen molar-refractivity contribution in [3.8, 4) is 0 Å². The Labute approximate surface area is 107 Å². The van der Waals surface area contributed by atoms with Crippen molar-refractivity contribution in [1.29, 1.82) is 0 Å². The highest BCUT2D eigenvalue weighted by atomic mass is 127. The molecule has 1 heterocycles. The Hall–Kier alpha value is -0.690. The second-order valence-electron chi connectivity index (χ2n) is 3.86. The number of hydrogen-bond acceptors (Lipinski definition) is 3. The van der Waals surface area contributed by atoms with Crippen molar-refractivity contribution in [1.82, 2.24) is 0 Å². The molecule has 0 spiro atoms. The quantitative estimate of drug-likeness (QED) is 0.370. The summed E-state index contributed by atoms with van der Waals surface area (Å²) in [6.07, 6.45) is 1.12. The number of nitro groups is 1. The molecule has 1 aromatic carbocycles. The van der Waals surface area contributed by atoms with E-state index in [1.807, 2.05) is 12.1 Å². The van der Waals surface area contributed by atoms with Gasteiger partial charge in [0.1, 0.15) is 0 Å². The molecule has 0 N–H and O–H groups in total. The number of ether oxygens (including phenoxy) is 1. The van der Waals surface area contributed by atoms with E-state index in [-0.39, 0.29) is 22.6 Å². The van der Waals surface area contributed by atoms with E-state index in [0.29, 0.717) is 6.61 Å². The Morgan fingerprint density at radius 3 is 2.88 bits per heavy atom. The van der Waals surface area contributed by atoms with Gasteiger partial charge in [-0.3, -0.25) is 10.1 Å². The lowest BCUT2D eigenvalue weighted by Crippen LogP contribution is -2.05. The number of para-hydroxylation sites is 1. The summed E-state index contributed by atoms with van der Waals surface area (Å²) in [4.78, 5) is 10.6. The lowest BCUT2D eigenvalue weighted by Gasteiger charge is -2.08. The van der Waals surface area contributed by atoms with Gasteiger partial charge >= 0.3 is 0 Å². The van der Waals surface area contributed by atoms with Gasteiger partial charge in [-0.05, 0) is 6.42 Å². The Morgan fingerprint density at radius 1 is 1.50 bits per heavy atom. The number of hydrogen-bond donors (Lipinski definition) is 0. The fourth-order valence-corrected chi connectivity index (χ4v) is 2.64. The number of rotatable bonds is 3. The third-order valence-corrected chi connectivity index (χ3v) is 3.81. The first-order chi connectivity index (χ1) is 7.72. The first-order valence-corrected chi connectivity index (χ1v) is 6.65. The highest BCUT2D eigenvalue weighted by Gasteiger charge is 2.30. The summed E-state index contributed by atoms with van der Waals surface area (Å²) in [7, 11) is 0. The highest BCUT2D eigenvalue weighted by molar-refractivity contribution is 14.1. The number of alkyl halides is 1. The first kappa shape index (κ1) is 11.8. The smallest absolute Gasteiger partial charge is 0.272 e. The van der Waals surface area contributed by atoms with Crippen molar-refractivity contribution >= 4 is 28.3 Å². The standard InChI is InChI=1S/C11H12INO3/c12-6-9-5-8(7-16-9)10-3-1-2-4-11(10)13(14)15/h1-4,8-9H,5-7H2/t8-,9-/m0/s1. The molecule has 0 bridgehead atoms. The molecule has 1 aliphatic rings. The van der Waals surface area contributed by atoms with Crippen LogP contribution in [-0.4, -0.2) is 22.1 Å². The van der Waals surface area contributed by atoms with Gasteiger partial charge in [-0.2, -0.15) is 0 Å². The normalized spacial score (nSPS) is 24.6. The molecule has 2 atom stereocenters. The number of nitrogens with zero attached hydrogens (tertiary/aromatic N) is 1. The molecule has 86 valence electrons. The van der Waals surface area contributed by atoms with Crippen molar-refractivity contribution in [2.24, 2.45) is 0 Å². The van der Waals surface area contributed by atoms with Crippen LogP contribution in [0.2, 0.25) is 0 Å². The molecular formula is C11H12INO3. The van der Waals surface area contributed by atoms with Crippen LogP contribution in [0.4, 0.5) is 5.69 Å². The fourth-order valence-electron chi connectivity index (χ4n) is 2.03. The second kappa shape index (κ2) is 5.09. The summed E-state index contributed by atoms with van der Waals surface area (Å²) in [5.74, 6) is 0.168. The van der Waals surface area contributed by atoms with Crippen molar-refractivity contribution in [3.63, 3.8) is 0 Å². The molecule has 0 radical (unpaired) electrons. The van der Waals surface area contributed by atoms with Crippen LogP contribution < -0.4 is 0 Å². The lowest BCUT2D eigenvalue weighted by atomic mass is 9.95. The van der Waals surface area contributed by atoms with Crippen LogP contribution in [0.3, 0.4) is 0 Å². The van der Waals surface area contributed by atoms with Gasteiger partial charge < -0.3 is 4.74 Å². The molecule has 1 fully saturated rings. The zero-order valence-corrected chi connectivity index (χ0v) is 10.8. The summed E-state index contributed by atoms with van der Waals surface area (Å²) >= 11 is 2.28. The average Bonchev–Trinajstić information content (AvgIpc) is 2.77. The van der Waals surface area contributed by atoms with Crippen LogP contribution in [0.1, 0.15) is 17.9 Å². The van der Waals surface area contributed by atoms with Crippen LogP contribution in [0.25, 0.3) is 0 Å². The molecule has 4 nitrogen and oxygen atoms in total. The van der Waals surface area contributed by atoms with Gasteiger partial charge in [0.25, 0.3) is 5.69 Å². The third kappa shape index (κ3) is 2.35. The van der Waals surface area contributed by atoms with Crippen LogP contribution in [0.5, 0.6) is 0 Å². The molecule has 1 aliphatic heterocycles. The summed E-state index contributed by atoms with van der Waals surface area (Å²) in [6.45, 7) is 0.596. The minimum Gasteiger partial charge on any atom is -0.377 e. The number of benzene rings is 1. The molecule has 1 aromatic rings. The van der Waals surface area contributed by atoms with Gasteiger partial charge in [0.15, 0.2) is 0 Å². The van der Waals surface area contributed by atoms with Gasteiger partial charge in [0.05, 0.1) is 17.6 Å². The largest absolute Gasteiger partial charge is 0.377 e. The summed E-state index contributed by atoms with van der Waals surface area (Å²) in [5, 5.41) is 10.9. The van der Waals surface area contributed by atoms with E-state index in [9.17, 15) is 10.1 Å². The molecule has 16 heavy (non-hydrogen) atoms. The molecule has 0 saturated carbocycles. The lowest BCUT2D eigenvalue weighted by molar-refractivity contribution is -0.385. The van der Waals surface area contributed by atoms with E-state index in [2.05, 4.69) is 22.6 Å². The maximum atomic E-state index is 10.9. The van der Waals surface area contributed by atoms with Gasteiger partial charge in [-0.1, -0.05) is 40.8 Å². The molecule has 5 heteroatoms. The fraction of sp³-hybridized carbons (Fsp3) is 0.455. The van der Waals surface area contributed by atoms with Crippen molar-refractivity contribution in [3.05, 3.63) is 39.9 Å². The SMILES string of the molecule is O=[N+]([O-])c1ccccc1[C@@H]1CO[C@H](CI)C1. The Kier molecular flexibility index (Phi) is 3.75. The van der Waals surface area contributed by atoms with Crippen LogP contribution in [0.15, 0.2) is 24.3 Å². The molecule has 1 saturated heterocycles. The van der Waals surface area contributed by atoms with Gasteiger partial charge in [-0.15, -0.1) is 0 Å². The van der Waals surface area contributed by atoms with E-state index in [4.69, 9.17) is 4.74 Å². The van der Waals surface area contributed by atoms with Crippen molar-refractivity contribution in [2.45, 2.75) is 18.4 Å². The monoisotopic (exact) mass is 333 g/mol. The Morgan fingerprint density at radius 2 is 2.25 bits per heavy atom. The maximum Gasteiger partial charge on any atom is 0.272 e. The first-order valence-electron chi connectivity index (χ1n) is 5.13. The summed E-state index contributed by atoms with van der Waals surface area (Å²) in [6, 6.07) is 6.95. The van der Waals surface area contributed by atoms with E-state index in [1.54, 1.807) is 12.1 Å². The average molecular weight is 333 g/mol. The van der Waals surface area contributed by atoms with Crippen molar-refractivity contribution < 1.29 is 9.66 Å². The predicted octanol–water partition coefficient (Wildman–Crippen LogP) is 2.90. The zero-order chi connectivity index (χ0) is 11.5. The van der Waals surface area contributed by atoms with E-state index in [1.165, 1.54) is 0 Å². The summed E-state index contributed by atoms with van der Waals surface area (Å²) in [5.41, 5.74) is 1.02. The number of nitro benzene ring substituents is 1. The Balaban J connectivity index is 2.24. The Bertz CT molecular complexity index is 397. The number of halogens is 1. The predicted molar refractivity (Wildman–Crippen MR) is 69.1 cm³/mol. The van der Waals surface area contributed by atoms with Crippen molar-refractivity contribution in [2.75, 3.05) is 11.0 Å². The van der Waals surface area contributed by atoms with Gasteiger partial charge in [0, 0.05) is 22.0 Å². The van der Waals surface area contributed by atoms with Gasteiger partial charge in [-0.25, -0.2) is 0 Å². The van der Waals surface area contributed by atoms with Gasteiger partial charge in [0.2, 0.25) is 0 Å². The molecule has 0 aliphatic carbocycles.